The maximum absolute atomic E-state index is 12.3. The summed E-state index contributed by atoms with van der Waals surface area (Å²) in [4.78, 5) is 13.4. The van der Waals surface area contributed by atoms with Gasteiger partial charge >= 0.3 is 0 Å². The Kier molecular flexibility index (Phi) is 5.81. The van der Waals surface area contributed by atoms with E-state index in [2.05, 4.69) is 10.0 Å². The number of hydrogen-bond donors (Lipinski definition) is 2. The minimum absolute atomic E-state index is 0.0739. The van der Waals surface area contributed by atoms with E-state index in [1.54, 1.807) is 36.9 Å². The van der Waals surface area contributed by atoms with E-state index in [1.165, 1.54) is 12.1 Å². The second-order valence-corrected chi connectivity index (χ2v) is 7.36. The van der Waals surface area contributed by atoms with Gasteiger partial charge in [-0.3, -0.25) is 4.79 Å². The Bertz CT molecular complexity index is 804. The number of hydrogen-bond acceptors (Lipinski definition) is 4. The normalized spacial score (nSPS) is 11.2. The summed E-state index contributed by atoms with van der Waals surface area (Å²) in [6.07, 6.45) is 1.95. The van der Waals surface area contributed by atoms with E-state index in [0.29, 0.717) is 17.8 Å². The Balaban J connectivity index is 2.23. The zero-order chi connectivity index (χ0) is 16.9. The third-order valence-electron chi connectivity index (χ3n) is 3.07. The van der Waals surface area contributed by atoms with Gasteiger partial charge in [-0.05, 0) is 42.7 Å². The lowest BCUT2D eigenvalue weighted by Crippen LogP contribution is -2.23. The smallest absolute Gasteiger partial charge is 0.255 e. The first-order chi connectivity index (χ1) is 11.0. The van der Waals surface area contributed by atoms with Gasteiger partial charge in [0.2, 0.25) is 10.0 Å². The molecule has 2 rings (SSSR count). The van der Waals surface area contributed by atoms with Crippen LogP contribution in [0.5, 0.6) is 0 Å². The van der Waals surface area contributed by atoms with Crippen LogP contribution in [0.3, 0.4) is 0 Å². The molecule has 7 heteroatoms. The van der Waals surface area contributed by atoms with E-state index in [9.17, 15) is 13.2 Å². The molecule has 0 aliphatic heterocycles. The van der Waals surface area contributed by atoms with Gasteiger partial charge in [-0.25, -0.2) is 13.1 Å². The van der Waals surface area contributed by atoms with E-state index < -0.39 is 10.0 Å². The summed E-state index contributed by atoms with van der Waals surface area (Å²) in [7, 11) is -3.58. The molecule has 0 unspecified atom stereocenters. The van der Waals surface area contributed by atoms with Crippen LogP contribution in [-0.2, 0) is 10.0 Å². The number of rotatable bonds is 6. The highest BCUT2D eigenvalue weighted by molar-refractivity contribution is 7.98. The monoisotopic (exact) mass is 350 g/mol. The third kappa shape index (κ3) is 4.57. The molecule has 0 saturated carbocycles. The number of anilines is 1. The highest BCUT2D eigenvalue weighted by Gasteiger charge is 2.15. The molecule has 0 saturated heterocycles. The highest BCUT2D eigenvalue weighted by atomic mass is 32.2. The fraction of sp³-hybridized carbons (Fsp3) is 0.188. The molecule has 5 nitrogen and oxygen atoms in total. The quantitative estimate of drug-likeness (QED) is 0.786. The van der Waals surface area contributed by atoms with E-state index in [0.717, 1.165) is 4.90 Å². The molecular formula is C16H18N2O3S2. The molecule has 0 spiro atoms. The molecule has 0 aromatic heterocycles. The van der Waals surface area contributed by atoms with Crippen LogP contribution in [-0.4, -0.2) is 27.1 Å². The van der Waals surface area contributed by atoms with Gasteiger partial charge in [-0.15, -0.1) is 11.8 Å². The zero-order valence-corrected chi connectivity index (χ0v) is 14.5. The lowest BCUT2D eigenvalue weighted by atomic mass is 10.2. The molecular weight excluding hydrogens is 332 g/mol. The van der Waals surface area contributed by atoms with Gasteiger partial charge in [0.15, 0.2) is 0 Å². The molecule has 2 aromatic carbocycles. The number of nitrogens with one attached hydrogen (secondary N) is 2. The second-order valence-electron chi connectivity index (χ2n) is 4.72. The van der Waals surface area contributed by atoms with Crippen LogP contribution < -0.4 is 10.0 Å². The first kappa shape index (κ1) is 17.5. The number of carbonyl (C=O) groups is 1. The van der Waals surface area contributed by atoms with Gasteiger partial charge in [-0.1, -0.05) is 19.1 Å². The van der Waals surface area contributed by atoms with Crippen molar-refractivity contribution in [1.29, 1.82) is 0 Å². The molecule has 0 bridgehead atoms. The molecule has 0 aliphatic rings. The topological polar surface area (TPSA) is 75.3 Å². The van der Waals surface area contributed by atoms with Gasteiger partial charge in [0.05, 0.1) is 4.90 Å². The zero-order valence-electron chi connectivity index (χ0n) is 12.9. The average molecular weight is 350 g/mol. The van der Waals surface area contributed by atoms with E-state index >= 15 is 0 Å². The third-order valence-corrected chi connectivity index (χ3v) is 5.34. The fourth-order valence-corrected chi connectivity index (χ4v) is 3.53. The summed E-state index contributed by atoms with van der Waals surface area (Å²) in [6, 6.07) is 13.4. The molecule has 1 amide bonds. The number of sulfonamides is 1. The van der Waals surface area contributed by atoms with Crippen LogP contribution in [0.25, 0.3) is 0 Å². The fourth-order valence-electron chi connectivity index (χ4n) is 1.98. The SMILES string of the molecule is CCNS(=O)(=O)c1cccc(C(=O)Nc2cccc(SC)c2)c1. The van der Waals surface area contributed by atoms with E-state index in [1.807, 2.05) is 24.5 Å². The van der Waals surface area contributed by atoms with Gasteiger partial charge in [0, 0.05) is 22.7 Å². The van der Waals surface area contributed by atoms with Gasteiger partial charge < -0.3 is 5.32 Å². The van der Waals surface area contributed by atoms with Crippen molar-refractivity contribution in [2.75, 3.05) is 18.1 Å². The van der Waals surface area contributed by atoms with Crippen molar-refractivity contribution >= 4 is 33.4 Å². The molecule has 0 heterocycles. The Hall–Kier alpha value is -1.83. The molecule has 122 valence electrons. The lowest BCUT2D eigenvalue weighted by Gasteiger charge is -2.09. The second kappa shape index (κ2) is 7.63. The van der Waals surface area contributed by atoms with E-state index in [-0.39, 0.29) is 10.8 Å². The summed E-state index contributed by atoms with van der Waals surface area (Å²) < 4.78 is 26.4. The first-order valence-corrected chi connectivity index (χ1v) is 9.72. The molecule has 2 N–H and O–H groups in total. The van der Waals surface area contributed by atoms with Gasteiger partial charge in [-0.2, -0.15) is 0 Å². The molecule has 2 aromatic rings. The number of carbonyl (C=O) groups excluding carboxylic acids is 1. The number of benzene rings is 2. The van der Waals surface area contributed by atoms with Crippen LogP contribution in [0.2, 0.25) is 0 Å². The minimum atomic E-state index is -3.58. The van der Waals surface area contributed by atoms with Gasteiger partial charge in [0.25, 0.3) is 5.91 Å². The van der Waals surface area contributed by atoms with Crippen molar-refractivity contribution in [2.24, 2.45) is 0 Å². The summed E-state index contributed by atoms with van der Waals surface area (Å²) in [5.74, 6) is -0.350. The van der Waals surface area contributed by atoms with E-state index in [4.69, 9.17) is 0 Å². The summed E-state index contributed by atoms with van der Waals surface area (Å²) in [5.41, 5.74) is 0.959. The Morgan fingerprint density at radius 1 is 1.13 bits per heavy atom. The predicted octanol–water partition coefficient (Wildman–Crippen LogP) is 2.96. The number of amides is 1. The molecule has 0 aliphatic carbocycles. The van der Waals surface area contributed by atoms with Crippen molar-refractivity contribution < 1.29 is 13.2 Å². The van der Waals surface area contributed by atoms with Crippen LogP contribution in [0.15, 0.2) is 58.3 Å². The average Bonchev–Trinajstić information content (AvgIpc) is 2.55. The standard InChI is InChI=1S/C16H18N2O3S2/c1-3-17-23(20,21)15-9-4-6-12(10-15)16(19)18-13-7-5-8-14(11-13)22-2/h4-11,17H,3H2,1-2H3,(H,18,19). The first-order valence-electron chi connectivity index (χ1n) is 7.01. The Morgan fingerprint density at radius 3 is 2.57 bits per heavy atom. The van der Waals surface area contributed by atoms with Crippen molar-refractivity contribution in [3.8, 4) is 0 Å². The maximum Gasteiger partial charge on any atom is 0.255 e. The summed E-state index contributed by atoms with van der Waals surface area (Å²) in [5, 5.41) is 2.78. The van der Waals surface area contributed by atoms with Crippen molar-refractivity contribution in [2.45, 2.75) is 16.7 Å². The molecule has 23 heavy (non-hydrogen) atoms. The predicted molar refractivity (Wildman–Crippen MR) is 93.5 cm³/mol. The summed E-state index contributed by atoms with van der Waals surface area (Å²) >= 11 is 1.58. The van der Waals surface area contributed by atoms with Crippen molar-refractivity contribution in [1.82, 2.24) is 4.72 Å². The maximum atomic E-state index is 12.3. The van der Waals surface area contributed by atoms with Gasteiger partial charge in [0.1, 0.15) is 0 Å². The minimum Gasteiger partial charge on any atom is -0.322 e. The molecule has 0 radical (unpaired) electrons. The van der Waals surface area contributed by atoms with Crippen molar-refractivity contribution in [3.05, 3.63) is 54.1 Å². The highest BCUT2D eigenvalue weighted by Crippen LogP contribution is 2.20. The molecule has 0 atom stereocenters. The number of thioether (sulfide) groups is 1. The molecule has 0 fully saturated rings. The van der Waals surface area contributed by atoms with Crippen molar-refractivity contribution in [3.63, 3.8) is 0 Å². The lowest BCUT2D eigenvalue weighted by molar-refractivity contribution is 0.102. The van der Waals surface area contributed by atoms with Crippen LogP contribution in [0.4, 0.5) is 5.69 Å². The Labute approximate surface area is 140 Å². The van der Waals surface area contributed by atoms with Crippen LogP contribution in [0.1, 0.15) is 17.3 Å². The Morgan fingerprint density at radius 2 is 1.87 bits per heavy atom. The summed E-state index contributed by atoms with van der Waals surface area (Å²) in [6.45, 7) is 1.99. The largest absolute Gasteiger partial charge is 0.322 e. The van der Waals surface area contributed by atoms with Crippen LogP contribution >= 0.6 is 11.8 Å². The van der Waals surface area contributed by atoms with Crippen LogP contribution in [0, 0.1) is 0 Å².